The number of hydrogen-bond donors (Lipinski definition) is 0. The number of hydrogen-bond acceptors (Lipinski definition) is 4. The first-order chi connectivity index (χ1) is 10.7. The Morgan fingerprint density at radius 3 is 2.65 bits per heavy atom. The van der Waals surface area contributed by atoms with Crippen molar-refractivity contribution in [3.63, 3.8) is 0 Å². The molecule has 0 fully saturated rings. The molecule has 0 N–H and O–H groups in total. The van der Waals surface area contributed by atoms with E-state index >= 15 is 0 Å². The molecule has 0 aromatic heterocycles. The van der Waals surface area contributed by atoms with Gasteiger partial charge in [0.05, 0.1) is 12.6 Å². The Morgan fingerprint density at radius 1 is 1.26 bits per heavy atom. The first-order valence-corrected chi connectivity index (χ1v) is 7.44. The van der Waals surface area contributed by atoms with Gasteiger partial charge in [-0.1, -0.05) is 25.1 Å². The third kappa shape index (κ3) is 3.49. The molecule has 23 heavy (non-hydrogen) atoms. The van der Waals surface area contributed by atoms with Crippen molar-refractivity contribution >= 4 is 5.97 Å². The van der Waals surface area contributed by atoms with Crippen molar-refractivity contribution in [3.05, 3.63) is 52.6 Å². The van der Waals surface area contributed by atoms with Crippen molar-refractivity contribution in [2.75, 3.05) is 6.61 Å². The maximum atomic E-state index is 11.7. The maximum absolute atomic E-state index is 11.7. The van der Waals surface area contributed by atoms with Crippen LogP contribution in [0.2, 0.25) is 0 Å². The molecule has 0 aliphatic carbocycles. The molecule has 3 rings (SSSR count). The summed E-state index contributed by atoms with van der Waals surface area (Å²) >= 11 is 0. The van der Waals surface area contributed by atoms with E-state index in [4.69, 9.17) is 9.47 Å². The number of carboxylic acids is 1. The van der Waals surface area contributed by atoms with Crippen LogP contribution in [-0.4, -0.2) is 12.6 Å². The molecule has 0 bridgehead atoms. The van der Waals surface area contributed by atoms with Gasteiger partial charge in [-0.2, -0.15) is 0 Å². The molecule has 0 spiro atoms. The van der Waals surface area contributed by atoms with E-state index in [1.54, 1.807) is 6.07 Å². The number of ether oxygens (including phenoxy) is 2. The van der Waals surface area contributed by atoms with Crippen LogP contribution in [0.1, 0.15) is 40.9 Å². The van der Waals surface area contributed by atoms with Gasteiger partial charge < -0.3 is 19.4 Å². The van der Waals surface area contributed by atoms with Gasteiger partial charge >= 0.3 is 51.4 Å². The summed E-state index contributed by atoms with van der Waals surface area (Å²) in [6.07, 6.45) is 1.09. The van der Waals surface area contributed by atoms with Crippen LogP contribution in [0.3, 0.4) is 0 Å². The molecular weight excluding hydrogens is 319 g/mol. The Labute approximate surface area is 178 Å². The van der Waals surface area contributed by atoms with Gasteiger partial charge in [-0.05, 0) is 25.0 Å². The summed E-state index contributed by atoms with van der Waals surface area (Å²) in [6.45, 7) is 4.25. The minimum Gasteiger partial charge on any atom is -0.545 e. The van der Waals surface area contributed by atoms with E-state index < -0.39 is 5.97 Å². The number of benzene rings is 2. The van der Waals surface area contributed by atoms with Gasteiger partial charge in [-0.25, -0.2) is 0 Å². The minimum absolute atomic E-state index is 0. The smallest absolute Gasteiger partial charge is 0.545 e. The van der Waals surface area contributed by atoms with Gasteiger partial charge in [0.1, 0.15) is 17.2 Å². The van der Waals surface area contributed by atoms with E-state index in [2.05, 4.69) is 0 Å². The molecule has 5 heteroatoms. The fourth-order valence-corrected chi connectivity index (χ4v) is 2.93. The quantitative estimate of drug-likeness (QED) is 0.615. The van der Waals surface area contributed by atoms with E-state index in [1.807, 2.05) is 38.1 Å². The van der Waals surface area contributed by atoms with Crippen molar-refractivity contribution in [1.29, 1.82) is 0 Å². The molecule has 4 nitrogen and oxygen atoms in total. The molecule has 0 saturated heterocycles. The van der Waals surface area contributed by atoms with Gasteiger partial charge in [-0.3, -0.25) is 0 Å². The Balaban J connectivity index is 0.00000192. The Hall–Kier alpha value is -0.854. The zero-order valence-corrected chi connectivity index (χ0v) is 16.8. The average Bonchev–Trinajstić information content (AvgIpc) is 2.51. The molecule has 2 aromatic carbocycles. The van der Waals surface area contributed by atoms with Crippen LogP contribution >= 0.6 is 0 Å². The van der Waals surface area contributed by atoms with Crippen molar-refractivity contribution in [3.8, 4) is 17.2 Å². The van der Waals surface area contributed by atoms with Crippen molar-refractivity contribution in [2.24, 2.45) is 0 Å². The predicted molar refractivity (Wildman–Crippen MR) is 80.6 cm³/mol. The number of aromatic carboxylic acids is 1. The van der Waals surface area contributed by atoms with E-state index in [9.17, 15) is 9.90 Å². The minimum atomic E-state index is -1.18. The number of para-hydroxylation sites is 1. The number of fused-ring (bicyclic) bond motifs is 2. The summed E-state index contributed by atoms with van der Waals surface area (Å²) < 4.78 is 11.5. The molecule has 1 heterocycles. The van der Waals surface area contributed by atoms with Gasteiger partial charge in [-0.15, -0.1) is 0 Å². The van der Waals surface area contributed by atoms with Gasteiger partial charge in [0.2, 0.25) is 0 Å². The second-order valence-electron chi connectivity index (χ2n) is 5.17. The molecule has 0 saturated carbocycles. The largest absolute Gasteiger partial charge is 1.00 e. The molecule has 1 aliphatic heterocycles. The Kier molecular flexibility index (Phi) is 6.28. The third-order valence-electron chi connectivity index (χ3n) is 3.88. The number of carbonyl (C=O) groups excluding carboxylic acids is 1. The van der Waals surface area contributed by atoms with Crippen molar-refractivity contribution in [2.45, 2.75) is 26.7 Å². The number of carbonyl (C=O) groups is 1. The fraction of sp³-hybridized carbons (Fsp3) is 0.278. The monoisotopic (exact) mass is 336 g/mol. The van der Waals surface area contributed by atoms with Gasteiger partial charge in [0, 0.05) is 29.2 Å². The van der Waals surface area contributed by atoms with Crippen molar-refractivity contribution < 1.29 is 70.8 Å². The van der Waals surface area contributed by atoms with Gasteiger partial charge in [0.15, 0.2) is 0 Å². The molecule has 0 atom stereocenters. The number of rotatable bonds is 4. The van der Waals surface area contributed by atoms with E-state index in [1.165, 1.54) is 0 Å². The zero-order chi connectivity index (χ0) is 15.7. The molecule has 1 aliphatic rings. The third-order valence-corrected chi connectivity index (χ3v) is 3.88. The van der Waals surface area contributed by atoms with E-state index in [0.717, 1.165) is 11.3 Å². The Morgan fingerprint density at radius 2 is 2.00 bits per heavy atom. The maximum Gasteiger partial charge on any atom is 1.00 e. The van der Waals surface area contributed by atoms with Crippen LogP contribution in [0, 0.1) is 0 Å². The SMILES string of the molecule is CCOc1cc2c(c(C(=O)[O-])c1CC)Cc1ccccc1O2.[K+]. The molecular formula is C18H17KO4. The molecule has 0 radical (unpaired) electrons. The summed E-state index contributed by atoms with van der Waals surface area (Å²) in [5.74, 6) is 0.671. The van der Waals surface area contributed by atoms with Crippen LogP contribution < -0.4 is 66.0 Å². The summed E-state index contributed by atoms with van der Waals surface area (Å²) in [4.78, 5) is 11.7. The normalized spacial score (nSPS) is 11.6. The second kappa shape index (κ2) is 7.81. The first kappa shape index (κ1) is 18.5. The van der Waals surface area contributed by atoms with E-state index in [0.29, 0.717) is 42.1 Å². The zero-order valence-electron chi connectivity index (χ0n) is 13.6. The van der Waals surface area contributed by atoms with Crippen LogP contribution in [0.4, 0.5) is 0 Å². The van der Waals surface area contributed by atoms with Crippen molar-refractivity contribution in [1.82, 2.24) is 0 Å². The topological polar surface area (TPSA) is 58.6 Å². The number of carboxylic acid groups (broad SMARTS) is 1. The van der Waals surface area contributed by atoms with Crippen LogP contribution in [0.25, 0.3) is 0 Å². The fourth-order valence-electron chi connectivity index (χ4n) is 2.93. The first-order valence-electron chi connectivity index (χ1n) is 7.44. The van der Waals surface area contributed by atoms with Crippen LogP contribution in [-0.2, 0) is 12.8 Å². The molecule has 0 unspecified atom stereocenters. The standard InChI is InChI=1S/C18H18O4.K/c1-3-12-15(21-4-2)10-16-13(17(12)18(19)20)9-11-7-5-6-8-14(11)22-16;/h5-8,10H,3-4,9H2,1-2H3,(H,19,20);/q;+1/p-1. The van der Waals surface area contributed by atoms with Gasteiger partial charge in [0.25, 0.3) is 0 Å². The van der Waals surface area contributed by atoms with Crippen LogP contribution in [0.15, 0.2) is 30.3 Å². The summed E-state index contributed by atoms with van der Waals surface area (Å²) in [7, 11) is 0. The molecule has 0 amide bonds. The summed E-state index contributed by atoms with van der Waals surface area (Å²) in [5.41, 5.74) is 2.52. The molecule has 114 valence electrons. The molecule has 2 aromatic rings. The van der Waals surface area contributed by atoms with E-state index in [-0.39, 0.29) is 56.9 Å². The predicted octanol–water partition coefficient (Wildman–Crippen LogP) is -0.288. The second-order valence-corrected chi connectivity index (χ2v) is 5.17. The van der Waals surface area contributed by atoms with Crippen LogP contribution in [0.5, 0.6) is 17.2 Å². The summed E-state index contributed by atoms with van der Waals surface area (Å²) in [6, 6.07) is 9.43. The average molecular weight is 336 g/mol. The summed E-state index contributed by atoms with van der Waals surface area (Å²) in [5, 5.41) is 11.7. The Bertz CT molecular complexity index is 740.